The Morgan fingerprint density at radius 2 is 2.04 bits per heavy atom. The summed E-state index contributed by atoms with van der Waals surface area (Å²) in [5.41, 5.74) is 0.707. The molecule has 0 fully saturated rings. The van der Waals surface area contributed by atoms with Crippen molar-refractivity contribution >= 4 is 0 Å². The average molecular weight is 319 g/mol. The first-order chi connectivity index (χ1) is 11.1. The summed E-state index contributed by atoms with van der Waals surface area (Å²) >= 11 is 0. The van der Waals surface area contributed by atoms with Gasteiger partial charge in [0.2, 0.25) is 0 Å². The highest BCUT2D eigenvalue weighted by Crippen LogP contribution is 2.29. The third-order valence-corrected chi connectivity index (χ3v) is 4.09. The van der Waals surface area contributed by atoms with E-state index >= 15 is 0 Å². The molecule has 0 amide bonds. The lowest BCUT2D eigenvalue weighted by Gasteiger charge is -2.24. The highest BCUT2D eigenvalue weighted by Gasteiger charge is 2.18. The molecule has 0 aliphatic rings. The van der Waals surface area contributed by atoms with E-state index in [9.17, 15) is 5.11 Å². The molecule has 3 atom stereocenters. The lowest BCUT2D eigenvalue weighted by Crippen LogP contribution is -2.36. The van der Waals surface area contributed by atoms with Crippen LogP contribution in [0.2, 0.25) is 0 Å². The van der Waals surface area contributed by atoms with Crippen LogP contribution in [0.3, 0.4) is 0 Å². The van der Waals surface area contributed by atoms with Crippen LogP contribution in [0.1, 0.15) is 31.6 Å². The van der Waals surface area contributed by atoms with Crippen LogP contribution in [0, 0.1) is 0 Å². The number of benzene rings is 1. The molecule has 0 radical (unpaired) electrons. The predicted octanol–water partition coefficient (Wildman–Crippen LogP) is 2.17. The summed E-state index contributed by atoms with van der Waals surface area (Å²) in [6.45, 7) is 4.57. The van der Waals surface area contributed by atoms with Gasteiger partial charge in [-0.2, -0.15) is 5.10 Å². The lowest BCUT2D eigenvalue weighted by molar-refractivity contribution is 0.161. The fourth-order valence-electron chi connectivity index (χ4n) is 2.43. The van der Waals surface area contributed by atoms with E-state index in [4.69, 9.17) is 9.47 Å². The number of aliphatic hydroxyl groups excluding tert-OH is 1. The molecule has 126 valence electrons. The summed E-state index contributed by atoms with van der Waals surface area (Å²) in [4.78, 5) is 0. The second-order valence-corrected chi connectivity index (χ2v) is 5.55. The first kappa shape index (κ1) is 17.3. The first-order valence-corrected chi connectivity index (χ1v) is 7.69. The van der Waals surface area contributed by atoms with Crippen molar-refractivity contribution in [2.45, 2.75) is 32.0 Å². The Hall–Kier alpha value is -2.05. The fraction of sp³-hybridized carbons (Fsp3) is 0.471. The summed E-state index contributed by atoms with van der Waals surface area (Å²) in [6, 6.07) is 7.65. The van der Waals surface area contributed by atoms with Gasteiger partial charge in [-0.05, 0) is 38.1 Å². The van der Waals surface area contributed by atoms with Gasteiger partial charge < -0.3 is 19.9 Å². The number of nitrogens with zero attached hydrogens (tertiary/aromatic N) is 2. The monoisotopic (exact) mass is 319 g/mol. The van der Waals surface area contributed by atoms with Gasteiger partial charge in [0.15, 0.2) is 0 Å². The van der Waals surface area contributed by atoms with E-state index in [1.54, 1.807) is 32.5 Å². The zero-order chi connectivity index (χ0) is 16.8. The van der Waals surface area contributed by atoms with Gasteiger partial charge in [0.25, 0.3) is 0 Å². The van der Waals surface area contributed by atoms with Crippen molar-refractivity contribution in [1.29, 1.82) is 0 Å². The number of rotatable bonds is 8. The fourth-order valence-corrected chi connectivity index (χ4v) is 2.43. The van der Waals surface area contributed by atoms with Crippen LogP contribution in [0.4, 0.5) is 0 Å². The lowest BCUT2D eigenvalue weighted by atomic mass is 10.1. The van der Waals surface area contributed by atoms with Crippen molar-refractivity contribution < 1.29 is 14.6 Å². The minimum atomic E-state index is -0.688. The molecule has 0 aliphatic carbocycles. The van der Waals surface area contributed by atoms with Gasteiger partial charge in [0, 0.05) is 30.5 Å². The number of methoxy groups -OCH3 is 2. The van der Waals surface area contributed by atoms with E-state index in [1.807, 2.05) is 23.0 Å². The highest BCUT2D eigenvalue weighted by molar-refractivity contribution is 5.41. The van der Waals surface area contributed by atoms with Crippen molar-refractivity contribution in [3.63, 3.8) is 0 Å². The molecule has 0 bridgehead atoms. The van der Waals surface area contributed by atoms with Crippen LogP contribution in [0.25, 0.3) is 0 Å². The molecular weight excluding hydrogens is 294 g/mol. The van der Waals surface area contributed by atoms with Crippen LogP contribution in [-0.2, 0) is 0 Å². The van der Waals surface area contributed by atoms with E-state index in [1.165, 1.54) is 0 Å². The van der Waals surface area contributed by atoms with Crippen LogP contribution in [-0.4, -0.2) is 41.7 Å². The Morgan fingerprint density at radius 1 is 1.26 bits per heavy atom. The maximum Gasteiger partial charge on any atom is 0.124 e. The zero-order valence-electron chi connectivity index (χ0n) is 14.1. The summed E-state index contributed by atoms with van der Waals surface area (Å²) in [5, 5.41) is 18.1. The van der Waals surface area contributed by atoms with Crippen molar-refractivity contribution in [2.75, 3.05) is 20.8 Å². The van der Waals surface area contributed by atoms with Crippen LogP contribution in [0.15, 0.2) is 36.7 Å². The summed E-state index contributed by atoms with van der Waals surface area (Å²) in [7, 11) is 3.19. The molecule has 2 N–H and O–H groups in total. The molecule has 0 saturated carbocycles. The van der Waals surface area contributed by atoms with Crippen LogP contribution in [0.5, 0.6) is 11.5 Å². The molecule has 1 heterocycles. The summed E-state index contributed by atoms with van der Waals surface area (Å²) in [5.74, 6) is 1.34. The Labute approximate surface area is 137 Å². The summed E-state index contributed by atoms with van der Waals surface area (Å²) in [6.07, 6.45) is 3.01. The van der Waals surface area contributed by atoms with Gasteiger partial charge in [-0.15, -0.1) is 0 Å². The number of ether oxygens (including phenoxy) is 2. The van der Waals surface area contributed by atoms with E-state index in [0.29, 0.717) is 23.6 Å². The number of aromatic nitrogens is 2. The van der Waals surface area contributed by atoms with E-state index in [2.05, 4.69) is 24.3 Å². The molecule has 0 spiro atoms. The molecule has 0 aliphatic heterocycles. The topological polar surface area (TPSA) is 68.5 Å². The standard InChI is InChI=1S/C17H25N3O3/c1-12(13(2)20-9-5-8-19-20)18-11-16(21)15-10-14(22-3)6-7-17(15)23-4/h5-10,12-13,16,18,21H,11H2,1-4H3. The van der Waals surface area contributed by atoms with Gasteiger partial charge in [0.1, 0.15) is 11.5 Å². The van der Waals surface area contributed by atoms with Gasteiger partial charge in [-0.3, -0.25) is 4.68 Å². The summed E-state index contributed by atoms with van der Waals surface area (Å²) < 4.78 is 12.4. The van der Waals surface area contributed by atoms with Crippen LogP contribution < -0.4 is 14.8 Å². The number of hydrogen-bond acceptors (Lipinski definition) is 5. The van der Waals surface area contributed by atoms with Crippen molar-refractivity contribution in [3.8, 4) is 11.5 Å². The Morgan fingerprint density at radius 3 is 2.65 bits per heavy atom. The average Bonchev–Trinajstić information content (AvgIpc) is 3.12. The third-order valence-electron chi connectivity index (χ3n) is 4.09. The second kappa shape index (κ2) is 7.99. The maximum absolute atomic E-state index is 10.5. The smallest absolute Gasteiger partial charge is 0.124 e. The normalized spacial score (nSPS) is 15.0. The predicted molar refractivity (Wildman–Crippen MR) is 88.9 cm³/mol. The Bertz CT molecular complexity index is 601. The number of hydrogen-bond donors (Lipinski definition) is 2. The molecule has 1 aromatic heterocycles. The molecular formula is C17H25N3O3. The van der Waals surface area contributed by atoms with Gasteiger partial charge in [-0.1, -0.05) is 0 Å². The van der Waals surface area contributed by atoms with E-state index in [-0.39, 0.29) is 12.1 Å². The minimum Gasteiger partial charge on any atom is -0.497 e. The van der Waals surface area contributed by atoms with Crippen LogP contribution >= 0.6 is 0 Å². The zero-order valence-corrected chi connectivity index (χ0v) is 14.1. The molecule has 2 aromatic rings. The molecule has 6 heteroatoms. The Balaban J connectivity index is 2.00. The molecule has 2 rings (SSSR count). The van der Waals surface area contributed by atoms with Crippen molar-refractivity contribution in [3.05, 3.63) is 42.2 Å². The SMILES string of the molecule is COc1ccc(OC)c(C(O)CNC(C)C(C)n2cccn2)c1. The number of aliphatic hydroxyl groups is 1. The maximum atomic E-state index is 10.5. The molecule has 3 unspecified atom stereocenters. The Kier molecular flexibility index (Phi) is 6.01. The van der Waals surface area contributed by atoms with Gasteiger partial charge >= 0.3 is 0 Å². The van der Waals surface area contributed by atoms with Gasteiger partial charge in [0.05, 0.1) is 26.4 Å². The largest absolute Gasteiger partial charge is 0.497 e. The first-order valence-electron chi connectivity index (χ1n) is 7.69. The number of nitrogens with one attached hydrogen (secondary N) is 1. The highest BCUT2D eigenvalue weighted by atomic mass is 16.5. The molecule has 0 saturated heterocycles. The van der Waals surface area contributed by atoms with E-state index < -0.39 is 6.10 Å². The third kappa shape index (κ3) is 4.24. The molecule has 1 aromatic carbocycles. The van der Waals surface area contributed by atoms with Crippen molar-refractivity contribution in [1.82, 2.24) is 15.1 Å². The molecule has 6 nitrogen and oxygen atoms in total. The quantitative estimate of drug-likeness (QED) is 0.780. The second-order valence-electron chi connectivity index (χ2n) is 5.55. The van der Waals surface area contributed by atoms with Gasteiger partial charge in [-0.25, -0.2) is 0 Å². The minimum absolute atomic E-state index is 0.154. The van der Waals surface area contributed by atoms with Crippen molar-refractivity contribution in [2.24, 2.45) is 0 Å². The van der Waals surface area contributed by atoms with E-state index in [0.717, 1.165) is 0 Å². The molecule has 23 heavy (non-hydrogen) atoms.